The van der Waals surface area contributed by atoms with E-state index >= 15 is 0 Å². The molecule has 0 unspecified atom stereocenters. The zero-order chi connectivity index (χ0) is 15.6. The minimum Gasteiger partial charge on any atom is -0.443 e. The number of carbonyl (C=O) groups is 2. The maximum absolute atomic E-state index is 12.2. The van der Waals surface area contributed by atoms with E-state index in [1.165, 1.54) is 10.8 Å². The summed E-state index contributed by atoms with van der Waals surface area (Å²) in [5.41, 5.74) is 0.324. The molecule has 0 aliphatic rings. The number of benzene rings is 1. The molecule has 5 nitrogen and oxygen atoms in total. The van der Waals surface area contributed by atoms with Crippen LogP contribution in [-0.4, -0.2) is 22.0 Å². The van der Waals surface area contributed by atoms with Crippen molar-refractivity contribution in [3.8, 4) is 6.07 Å². The third-order valence-electron chi connectivity index (χ3n) is 2.84. The van der Waals surface area contributed by atoms with Crippen LogP contribution < -0.4 is 0 Å². The normalized spacial score (nSPS) is 11.1. The SMILES string of the molecule is CC(C)(C)OC(=O)n1cc(C(=O)CC#N)c2ccccc21. The number of aromatic nitrogens is 1. The molecule has 108 valence electrons. The number of ketones is 1. The summed E-state index contributed by atoms with van der Waals surface area (Å²) in [7, 11) is 0. The summed E-state index contributed by atoms with van der Waals surface area (Å²) >= 11 is 0. The second-order valence-corrected chi connectivity index (χ2v) is 5.67. The first kappa shape index (κ1) is 14.8. The van der Waals surface area contributed by atoms with E-state index in [0.717, 1.165) is 0 Å². The molecule has 2 aromatic rings. The Hall–Kier alpha value is -2.61. The lowest BCUT2D eigenvalue weighted by Gasteiger charge is -2.19. The number of nitriles is 1. The van der Waals surface area contributed by atoms with Crippen molar-refractivity contribution in [2.75, 3.05) is 0 Å². The number of Topliss-reactive ketones (excluding diaryl/α,β-unsaturated/α-hetero) is 1. The molecule has 0 fully saturated rings. The molecule has 0 aliphatic carbocycles. The first-order valence-electron chi connectivity index (χ1n) is 6.57. The van der Waals surface area contributed by atoms with Gasteiger partial charge in [0.25, 0.3) is 0 Å². The minimum atomic E-state index is -0.626. The standard InChI is InChI=1S/C16H16N2O3/c1-16(2,3)21-15(20)18-10-12(14(19)8-9-17)11-6-4-5-7-13(11)18/h4-7,10H,8H2,1-3H3. The molecule has 0 spiro atoms. The molecular weight excluding hydrogens is 268 g/mol. The zero-order valence-electron chi connectivity index (χ0n) is 12.2. The number of fused-ring (bicyclic) bond motifs is 1. The lowest BCUT2D eigenvalue weighted by Crippen LogP contribution is -2.26. The number of hydrogen-bond acceptors (Lipinski definition) is 4. The van der Waals surface area contributed by atoms with Crippen LogP contribution in [0.25, 0.3) is 10.9 Å². The van der Waals surface area contributed by atoms with E-state index in [1.807, 2.05) is 6.07 Å². The topological polar surface area (TPSA) is 72.1 Å². The highest BCUT2D eigenvalue weighted by atomic mass is 16.6. The summed E-state index contributed by atoms with van der Waals surface area (Å²) in [6, 6.07) is 8.88. The van der Waals surface area contributed by atoms with Crippen molar-refractivity contribution >= 4 is 22.8 Å². The maximum atomic E-state index is 12.2. The fourth-order valence-electron chi connectivity index (χ4n) is 2.03. The molecule has 0 saturated heterocycles. The van der Waals surface area contributed by atoms with Gasteiger partial charge in [-0.15, -0.1) is 0 Å². The summed E-state index contributed by atoms with van der Waals surface area (Å²) in [6.07, 6.45) is 0.676. The van der Waals surface area contributed by atoms with Gasteiger partial charge >= 0.3 is 6.09 Å². The summed E-state index contributed by atoms with van der Waals surface area (Å²) in [5, 5.41) is 9.31. The van der Waals surface area contributed by atoms with Crippen molar-refractivity contribution in [3.05, 3.63) is 36.0 Å². The fourth-order valence-corrected chi connectivity index (χ4v) is 2.03. The number of carbonyl (C=O) groups excluding carboxylic acids is 2. The van der Waals surface area contributed by atoms with E-state index in [0.29, 0.717) is 16.5 Å². The molecule has 0 bridgehead atoms. The summed E-state index contributed by atoms with van der Waals surface area (Å²) in [5.74, 6) is -0.309. The van der Waals surface area contributed by atoms with Crippen LogP contribution in [0.3, 0.4) is 0 Å². The smallest absolute Gasteiger partial charge is 0.419 e. The highest BCUT2D eigenvalue weighted by Crippen LogP contribution is 2.23. The van der Waals surface area contributed by atoms with Gasteiger partial charge in [0.1, 0.15) is 5.60 Å². The van der Waals surface area contributed by atoms with Crippen LogP contribution in [-0.2, 0) is 4.74 Å². The van der Waals surface area contributed by atoms with Crippen LogP contribution in [0.1, 0.15) is 37.6 Å². The van der Waals surface area contributed by atoms with Crippen LogP contribution >= 0.6 is 0 Å². The minimum absolute atomic E-state index is 0.220. The van der Waals surface area contributed by atoms with Gasteiger partial charge in [-0.3, -0.25) is 9.36 Å². The Labute approximate surface area is 122 Å². The molecule has 21 heavy (non-hydrogen) atoms. The molecule has 1 heterocycles. The Morgan fingerprint density at radius 2 is 1.95 bits per heavy atom. The van der Waals surface area contributed by atoms with Gasteiger partial charge in [-0.1, -0.05) is 18.2 Å². The quantitative estimate of drug-likeness (QED) is 0.791. The number of rotatable bonds is 2. The third-order valence-corrected chi connectivity index (χ3v) is 2.84. The van der Waals surface area contributed by atoms with Gasteiger partial charge < -0.3 is 4.74 Å². The summed E-state index contributed by atoms with van der Waals surface area (Å²) in [6.45, 7) is 5.33. The summed E-state index contributed by atoms with van der Waals surface area (Å²) < 4.78 is 6.64. The van der Waals surface area contributed by atoms with Gasteiger partial charge in [0.05, 0.1) is 18.0 Å². The molecule has 0 radical (unpaired) electrons. The van der Waals surface area contributed by atoms with Crippen molar-refractivity contribution < 1.29 is 14.3 Å². The maximum Gasteiger partial charge on any atom is 0.419 e. The Bertz CT molecular complexity index is 745. The van der Waals surface area contributed by atoms with Gasteiger partial charge in [-0.05, 0) is 26.8 Å². The molecule has 5 heteroatoms. The van der Waals surface area contributed by atoms with Crippen molar-refractivity contribution in [2.24, 2.45) is 0 Å². The highest BCUT2D eigenvalue weighted by Gasteiger charge is 2.22. The van der Waals surface area contributed by atoms with E-state index in [4.69, 9.17) is 10.00 Å². The van der Waals surface area contributed by atoms with E-state index in [-0.39, 0.29) is 12.2 Å². The van der Waals surface area contributed by atoms with Gasteiger partial charge in [0, 0.05) is 17.1 Å². The fraction of sp³-hybridized carbons (Fsp3) is 0.312. The predicted octanol–water partition coefficient (Wildman–Crippen LogP) is 3.52. The van der Waals surface area contributed by atoms with Crippen molar-refractivity contribution in [2.45, 2.75) is 32.8 Å². The van der Waals surface area contributed by atoms with E-state index in [1.54, 1.807) is 45.0 Å². The lowest BCUT2D eigenvalue weighted by atomic mass is 10.1. The van der Waals surface area contributed by atoms with Gasteiger partial charge in [0.2, 0.25) is 0 Å². The Kier molecular flexibility index (Phi) is 3.81. The molecule has 0 N–H and O–H groups in total. The van der Waals surface area contributed by atoms with Gasteiger partial charge in [0.15, 0.2) is 5.78 Å². The second-order valence-electron chi connectivity index (χ2n) is 5.67. The molecule has 0 atom stereocenters. The Morgan fingerprint density at radius 1 is 1.29 bits per heavy atom. The predicted molar refractivity (Wildman–Crippen MR) is 78.1 cm³/mol. The second kappa shape index (κ2) is 5.41. The zero-order valence-corrected chi connectivity index (χ0v) is 12.2. The largest absolute Gasteiger partial charge is 0.443 e. The third kappa shape index (κ3) is 3.11. The number of hydrogen-bond donors (Lipinski definition) is 0. The molecule has 0 aliphatic heterocycles. The van der Waals surface area contributed by atoms with Crippen molar-refractivity contribution in [1.29, 1.82) is 5.26 Å². The molecule has 0 saturated carbocycles. The highest BCUT2D eigenvalue weighted by molar-refractivity contribution is 6.10. The van der Waals surface area contributed by atoms with Crippen LogP contribution in [0.2, 0.25) is 0 Å². The van der Waals surface area contributed by atoms with Crippen LogP contribution in [0, 0.1) is 11.3 Å². The van der Waals surface area contributed by atoms with Crippen LogP contribution in [0.15, 0.2) is 30.5 Å². The summed E-state index contributed by atoms with van der Waals surface area (Å²) in [4.78, 5) is 24.2. The van der Waals surface area contributed by atoms with Gasteiger partial charge in [-0.25, -0.2) is 4.79 Å². The number of para-hydroxylation sites is 1. The molecular formula is C16H16N2O3. The average molecular weight is 284 g/mol. The monoisotopic (exact) mass is 284 g/mol. The Morgan fingerprint density at radius 3 is 2.57 bits per heavy atom. The van der Waals surface area contributed by atoms with E-state index in [2.05, 4.69) is 0 Å². The molecule has 2 rings (SSSR count). The van der Waals surface area contributed by atoms with Crippen molar-refractivity contribution in [1.82, 2.24) is 4.57 Å². The lowest BCUT2D eigenvalue weighted by molar-refractivity contribution is 0.0544. The Balaban J connectivity index is 2.53. The average Bonchev–Trinajstić information content (AvgIpc) is 2.76. The number of ether oxygens (including phenoxy) is 1. The van der Waals surface area contributed by atoms with Crippen LogP contribution in [0.4, 0.5) is 4.79 Å². The van der Waals surface area contributed by atoms with E-state index in [9.17, 15) is 9.59 Å². The molecule has 1 aromatic heterocycles. The first-order chi connectivity index (χ1) is 9.83. The first-order valence-corrected chi connectivity index (χ1v) is 6.57. The van der Waals surface area contributed by atoms with Crippen molar-refractivity contribution in [3.63, 3.8) is 0 Å². The van der Waals surface area contributed by atoms with Gasteiger partial charge in [-0.2, -0.15) is 5.26 Å². The van der Waals surface area contributed by atoms with E-state index < -0.39 is 11.7 Å². The number of nitrogens with zero attached hydrogens (tertiary/aromatic N) is 2. The molecule has 1 aromatic carbocycles. The van der Waals surface area contributed by atoms with Crippen LogP contribution in [0.5, 0.6) is 0 Å². The molecule has 0 amide bonds.